The lowest BCUT2D eigenvalue weighted by Gasteiger charge is -2.27. The van der Waals surface area contributed by atoms with Gasteiger partial charge in [-0.3, -0.25) is 4.79 Å². The Hall–Kier alpha value is -1.03. The first-order valence-corrected chi connectivity index (χ1v) is 4.40. The molecule has 74 valence electrons. The van der Waals surface area contributed by atoms with Gasteiger partial charge in [0.15, 0.2) is 0 Å². The van der Waals surface area contributed by atoms with Crippen molar-refractivity contribution in [2.24, 2.45) is 0 Å². The zero-order valence-corrected chi connectivity index (χ0v) is 7.91. The lowest BCUT2D eigenvalue weighted by Crippen LogP contribution is -2.42. The Labute approximate surface area is 78.1 Å². The summed E-state index contributed by atoms with van der Waals surface area (Å²) in [6.07, 6.45) is 0. The molecule has 0 aromatic heterocycles. The number of rotatable bonds is 4. The molecule has 1 aliphatic heterocycles. The van der Waals surface area contributed by atoms with Gasteiger partial charge in [0.25, 0.3) is 0 Å². The largest absolute Gasteiger partial charge is 0.497 e. The van der Waals surface area contributed by atoms with Gasteiger partial charge in [-0.15, -0.1) is 0 Å². The van der Waals surface area contributed by atoms with Crippen molar-refractivity contribution in [2.75, 3.05) is 32.9 Å². The summed E-state index contributed by atoms with van der Waals surface area (Å²) < 4.78 is 10.2. The molecule has 0 aliphatic carbocycles. The minimum Gasteiger partial charge on any atom is -0.497 e. The normalized spacial score (nSPS) is 17.3. The van der Waals surface area contributed by atoms with Gasteiger partial charge in [-0.25, -0.2) is 0 Å². The Morgan fingerprint density at radius 1 is 1.77 bits per heavy atom. The Kier molecular flexibility index (Phi) is 3.76. The van der Waals surface area contributed by atoms with E-state index in [-0.39, 0.29) is 12.5 Å². The first-order valence-electron chi connectivity index (χ1n) is 4.40. The number of carbonyl (C=O) groups is 1. The highest BCUT2D eigenvalue weighted by Gasteiger charge is 2.18. The smallest absolute Gasteiger partial charge is 0.249 e. The number of hydrogen-bond acceptors (Lipinski definition) is 3. The maximum Gasteiger partial charge on any atom is 0.249 e. The van der Waals surface area contributed by atoms with Crippen molar-refractivity contribution in [1.82, 2.24) is 4.90 Å². The van der Waals surface area contributed by atoms with Gasteiger partial charge < -0.3 is 14.4 Å². The van der Waals surface area contributed by atoms with Gasteiger partial charge in [0.1, 0.15) is 12.4 Å². The van der Waals surface area contributed by atoms with Gasteiger partial charge in [-0.1, -0.05) is 6.58 Å². The third-order valence-corrected chi connectivity index (χ3v) is 1.80. The molecule has 1 fully saturated rings. The standard InChI is InChI=1S/C9H15NO3/c1-3-13-8(2)6-10-4-5-12-7-9(10)11/h2-7H2,1H3. The van der Waals surface area contributed by atoms with Gasteiger partial charge in [0.05, 0.1) is 19.8 Å². The van der Waals surface area contributed by atoms with E-state index in [2.05, 4.69) is 6.58 Å². The van der Waals surface area contributed by atoms with Crippen LogP contribution in [-0.4, -0.2) is 43.7 Å². The van der Waals surface area contributed by atoms with E-state index in [0.717, 1.165) is 0 Å². The molecule has 13 heavy (non-hydrogen) atoms. The summed E-state index contributed by atoms with van der Waals surface area (Å²) in [5.74, 6) is 0.643. The first kappa shape index (κ1) is 10.1. The van der Waals surface area contributed by atoms with Crippen LogP contribution in [0.15, 0.2) is 12.3 Å². The summed E-state index contributed by atoms with van der Waals surface area (Å²) >= 11 is 0. The molecular formula is C9H15NO3. The fraction of sp³-hybridized carbons (Fsp3) is 0.667. The van der Waals surface area contributed by atoms with Gasteiger partial charge in [0.2, 0.25) is 5.91 Å². The molecule has 0 saturated carbocycles. The first-order chi connectivity index (χ1) is 6.24. The van der Waals surface area contributed by atoms with E-state index in [1.807, 2.05) is 6.92 Å². The fourth-order valence-electron chi connectivity index (χ4n) is 1.18. The Balaban J connectivity index is 2.33. The van der Waals surface area contributed by atoms with Crippen molar-refractivity contribution in [1.29, 1.82) is 0 Å². The third kappa shape index (κ3) is 3.06. The van der Waals surface area contributed by atoms with Crippen LogP contribution in [0.4, 0.5) is 0 Å². The predicted molar refractivity (Wildman–Crippen MR) is 48.2 cm³/mol. The minimum absolute atomic E-state index is 0.00658. The van der Waals surface area contributed by atoms with Gasteiger partial charge in [0, 0.05) is 6.54 Å². The number of carbonyl (C=O) groups excluding carboxylic acids is 1. The summed E-state index contributed by atoms with van der Waals surface area (Å²) in [5.41, 5.74) is 0. The van der Waals surface area contributed by atoms with Crippen LogP contribution in [0.1, 0.15) is 6.92 Å². The van der Waals surface area contributed by atoms with Crippen LogP contribution >= 0.6 is 0 Å². The van der Waals surface area contributed by atoms with Gasteiger partial charge >= 0.3 is 0 Å². The van der Waals surface area contributed by atoms with E-state index < -0.39 is 0 Å². The summed E-state index contributed by atoms with van der Waals surface area (Å²) in [7, 11) is 0. The lowest BCUT2D eigenvalue weighted by atomic mass is 10.4. The third-order valence-electron chi connectivity index (χ3n) is 1.80. The molecule has 1 heterocycles. The zero-order valence-electron chi connectivity index (χ0n) is 7.91. The molecule has 0 unspecified atom stereocenters. The number of amides is 1. The van der Waals surface area contributed by atoms with E-state index >= 15 is 0 Å². The molecule has 0 radical (unpaired) electrons. The Morgan fingerprint density at radius 2 is 2.54 bits per heavy atom. The Morgan fingerprint density at radius 3 is 3.15 bits per heavy atom. The molecule has 1 saturated heterocycles. The second kappa shape index (κ2) is 4.87. The maximum absolute atomic E-state index is 11.2. The minimum atomic E-state index is 0.00658. The SMILES string of the molecule is C=C(CN1CCOCC1=O)OCC. The maximum atomic E-state index is 11.2. The average molecular weight is 185 g/mol. The quantitative estimate of drug-likeness (QED) is 0.595. The summed E-state index contributed by atoms with van der Waals surface area (Å²) in [6, 6.07) is 0. The second-order valence-electron chi connectivity index (χ2n) is 2.84. The van der Waals surface area contributed by atoms with E-state index in [9.17, 15) is 4.79 Å². The fourth-order valence-corrected chi connectivity index (χ4v) is 1.18. The highest BCUT2D eigenvalue weighted by molar-refractivity contribution is 5.78. The average Bonchev–Trinajstić information content (AvgIpc) is 2.09. The monoisotopic (exact) mass is 185 g/mol. The van der Waals surface area contributed by atoms with Crippen molar-refractivity contribution in [3.63, 3.8) is 0 Å². The van der Waals surface area contributed by atoms with Crippen molar-refractivity contribution in [3.05, 3.63) is 12.3 Å². The molecule has 0 aromatic rings. The number of nitrogens with zero attached hydrogens (tertiary/aromatic N) is 1. The number of morpholine rings is 1. The van der Waals surface area contributed by atoms with Crippen LogP contribution in [0, 0.1) is 0 Å². The van der Waals surface area contributed by atoms with E-state index in [0.29, 0.717) is 32.1 Å². The van der Waals surface area contributed by atoms with Crippen LogP contribution < -0.4 is 0 Å². The molecular weight excluding hydrogens is 170 g/mol. The van der Waals surface area contributed by atoms with Crippen molar-refractivity contribution in [3.8, 4) is 0 Å². The highest BCUT2D eigenvalue weighted by atomic mass is 16.5. The molecule has 4 heteroatoms. The number of ether oxygens (including phenoxy) is 2. The van der Waals surface area contributed by atoms with Crippen LogP contribution in [0.5, 0.6) is 0 Å². The molecule has 0 spiro atoms. The van der Waals surface area contributed by atoms with Crippen molar-refractivity contribution < 1.29 is 14.3 Å². The summed E-state index contributed by atoms with van der Waals surface area (Å²) in [6.45, 7) is 8.10. The molecule has 0 aromatic carbocycles. The van der Waals surface area contributed by atoms with Gasteiger partial charge in [-0.2, -0.15) is 0 Å². The van der Waals surface area contributed by atoms with Crippen LogP contribution in [0.25, 0.3) is 0 Å². The lowest BCUT2D eigenvalue weighted by molar-refractivity contribution is -0.142. The number of hydrogen-bond donors (Lipinski definition) is 0. The van der Waals surface area contributed by atoms with Crippen molar-refractivity contribution >= 4 is 5.91 Å². The molecule has 0 bridgehead atoms. The van der Waals surface area contributed by atoms with Crippen LogP contribution in [0.3, 0.4) is 0 Å². The Bertz CT molecular complexity index is 203. The van der Waals surface area contributed by atoms with Crippen molar-refractivity contribution in [2.45, 2.75) is 6.92 Å². The molecule has 0 atom stereocenters. The summed E-state index contributed by atoms with van der Waals surface area (Å²) in [5, 5.41) is 0. The zero-order chi connectivity index (χ0) is 9.68. The van der Waals surface area contributed by atoms with E-state index in [1.165, 1.54) is 0 Å². The van der Waals surface area contributed by atoms with Gasteiger partial charge in [-0.05, 0) is 6.92 Å². The molecule has 0 N–H and O–H groups in total. The predicted octanol–water partition coefficient (Wildman–Crippen LogP) is 0.395. The second-order valence-corrected chi connectivity index (χ2v) is 2.84. The van der Waals surface area contributed by atoms with Crippen LogP contribution in [0.2, 0.25) is 0 Å². The molecule has 1 aliphatic rings. The highest BCUT2D eigenvalue weighted by Crippen LogP contribution is 2.03. The van der Waals surface area contributed by atoms with E-state index in [4.69, 9.17) is 9.47 Å². The molecule has 1 amide bonds. The van der Waals surface area contributed by atoms with Crippen LogP contribution in [-0.2, 0) is 14.3 Å². The topological polar surface area (TPSA) is 38.8 Å². The summed E-state index contributed by atoms with van der Waals surface area (Å²) in [4.78, 5) is 12.9. The molecule has 4 nitrogen and oxygen atoms in total. The molecule has 1 rings (SSSR count). The van der Waals surface area contributed by atoms with E-state index in [1.54, 1.807) is 4.90 Å².